The summed E-state index contributed by atoms with van der Waals surface area (Å²) in [6.45, 7) is 32.5. The number of rotatable bonds is 3. The topological polar surface area (TPSA) is 0 Å². The predicted molar refractivity (Wildman–Crippen MR) is 143 cm³/mol. The first-order chi connectivity index (χ1) is 14.3. The van der Waals surface area contributed by atoms with Crippen molar-refractivity contribution in [3.05, 3.63) is 57.6 Å². The van der Waals surface area contributed by atoms with E-state index in [1.54, 1.807) is 0 Å². The second kappa shape index (κ2) is 8.66. The zero-order valence-electron chi connectivity index (χ0n) is 23.6. The van der Waals surface area contributed by atoms with Crippen LogP contribution in [0.25, 0.3) is 11.1 Å². The largest absolute Gasteiger partial charge is 0.0613 e. The molecule has 2 aromatic rings. The average molecular weight is 433 g/mol. The SMILES string of the molecule is CCc1c(-c2[c]c(C(C)(C)C)cc(C(C)(C)C)c2CC)[c]c(C(C)(C)C)cc1C(C)(C)C. The molecule has 0 saturated carbocycles. The van der Waals surface area contributed by atoms with Crippen LogP contribution in [0.2, 0.25) is 0 Å². The van der Waals surface area contributed by atoms with Crippen LogP contribution in [0.4, 0.5) is 0 Å². The van der Waals surface area contributed by atoms with Crippen LogP contribution in [-0.2, 0) is 34.5 Å². The van der Waals surface area contributed by atoms with E-state index < -0.39 is 0 Å². The molecule has 2 aromatic carbocycles. The van der Waals surface area contributed by atoms with Crippen LogP contribution in [0.15, 0.2) is 12.1 Å². The van der Waals surface area contributed by atoms with Gasteiger partial charge in [-0.3, -0.25) is 0 Å². The molecule has 0 aromatic heterocycles. The molecule has 2 radical (unpaired) electrons. The van der Waals surface area contributed by atoms with Crippen molar-refractivity contribution in [3.63, 3.8) is 0 Å². The van der Waals surface area contributed by atoms with Gasteiger partial charge in [-0.05, 0) is 91.1 Å². The van der Waals surface area contributed by atoms with E-state index in [1.165, 1.54) is 44.5 Å². The molecular weight excluding hydrogens is 384 g/mol. The molecule has 32 heavy (non-hydrogen) atoms. The summed E-state index contributed by atoms with van der Waals surface area (Å²) in [5.41, 5.74) is 11.2. The van der Waals surface area contributed by atoms with Gasteiger partial charge in [-0.15, -0.1) is 0 Å². The smallest absolute Gasteiger partial charge is 0.00553 e. The third-order valence-corrected chi connectivity index (χ3v) is 6.54. The maximum absolute atomic E-state index is 3.93. The maximum atomic E-state index is 3.93. The molecule has 0 amide bonds. The molecule has 0 saturated heterocycles. The Morgan fingerprint density at radius 2 is 0.781 bits per heavy atom. The van der Waals surface area contributed by atoms with E-state index in [-0.39, 0.29) is 21.7 Å². The molecular formula is C32H48. The normalized spacial score (nSPS) is 13.6. The van der Waals surface area contributed by atoms with Crippen LogP contribution in [0.1, 0.15) is 130 Å². The van der Waals surface area contributed by atoms with Gasteiger partial charge in [-0.2, -0.15) is 0 Å². The van der Waals surface area contributed by atoms with E-state index in [0.717, 1.165) is 12.8 Å². The molecule has 0 heterocycles. The fourth-order valence-corrected chi connectivity index (χ4v) is 4.53. The minimum absolute atomic E-state index is 0.0435. The van der Waals surface area contributed by atoms with Crippen molar-refractivity contribution in [2.75, 3.05) is 0 Å². The highest BCUT2D eigenvalue weighted by Gasteiger charge is 2.29. The van der Waals surface area contributed by atoms with Crippen molar-refractivity contribution < 1.29 is 0 Å². The van der Waals surface area contributed by atoms with E-state index in [2.05, 4.69) is 121 Å². The third kappa shape index (κ3) is 5.49. The van der Waals surface area contributed by atoms with Crippen LogP contribution >= 0.6 is 0 Å². The van der Waals surface area contributed by atoms with E-state index in [1.807, 2.05) is 0 Å². The van der Waals surface area contributed by atoms with Gasteiger partial charge in [0.1, 0.15) is 0 Å². The highest BCUT2D eigenvalue weighted by Crippen LogP contribution is 2.42. The molecule has 0 atom stereocenters. The van der Waals surface area contributed by atoms with Crippen molar-refractivity contribution in [1.82, 2.24) is 0 Å². The summed E-state index contributed by atoms with van der Waals surface area (Å²) in [5.74, 6) is 0. The summed E-state index contributed by atoms with van der Waals surface area (Å²) in [6.07, 6.45) is 2.01. The Hall–Kier alpha value is -1.56. The third-order valence-electron chi connectivity index (χ3n) is 6.54. The highest BCUT2D eigenvalue weighted by molar-refractivity contribution is 5.75. The number of hydrogen-bond donors (Lipinski definition) is 0. The molecule has 0 aliphatic heterocycles. The van der Waals surface area contributed by atoms with Crippen molar-refractivity contribution in [2.45, 2.75) is 131 Å². The maximum Gasteiger partial charge on any atom is -0.00553 e. The predicted octanol–water partition coefficient (Wildman–Crippen LogP) is 9.27. The van der Waals surface area contributed by atoms with Gasteiger partial charge in [0.2, 0.25) is 0 Å². The second-order valence-electron chi connectivity index (χ2n) is 13.6. The molecule has 0 unspecified atom stereocenters. The average Bonchev–Trinajstić information content (AvgIpc) is 2.62. The lowest BCUT2D eigenvalue weighted by molar-refractivity contribution is 0.561. The van der Waals surface area contributed by atoms with E-state index in [0.29, 0.717) is 0 Å². The zero-order chi connectivity index (χ0) is 24.9. The summed E-state index contributed by atoms with van der Waals surface area (Å²) < 4.78 is 0. The minimum atomic E-state index is 0.0435. The molecule has 0 bridgehead atoms. The molecule has 0 N–H and O–H groups in total. The number of benzene rings is 2. The molecule has 0 nitrogen and oxygen atoms in total. The molecule has 176 valence electrons. The lowest BCUT2D eigenvalue weighted by atomic mass is 9.72. The van der Waals surface area contributed by atoms with Crippen LogP contribution in [0.3, 0.4) is 0 Å². The van der Waals surface area contributed by atoms with Crippen LogP contribution < -0.4 is 0 Å². The Morgan fingerprint density at radius 1 is 0.500 bits per heavy atom. The molecule has 2 rings (SSSR count). The van der Waals surface area contributed by atoms with Gasteiger partial charge in [0.05, 0.1) is 0 Å². The quantitative estimate of drug-likeness (QED) is 0.453. The fraction of sp³-hybridized carbons (Fsp3) is 0.625. The highest BCUT2D eigenvalue weighted by atomic mass is 14.3. The molecule has 0 spiro atoms. The first kappa shape index (κ1) is 26.7. The van der Waals surface area contributed by atoms with E-state index >= 15 is 0 Å². The first-order valence-electron chi connectivity index (χ1n) is 12.5. The van der Waals surface area contributed by atoms with Crippen LogP contribution in [0.5, 0.6) is 0 Å². The fourth-order valence-electron chi connectivity index (χ4n) is 4.53. The lowest BCUT2D eigenvalue weighted by Gasteiger charge is -2.32. The summed E-state index contributed by atoms with van der Waals surface area (Å²) in [4.78, 5) is 0. The van der Waals surface area contributed by atoms with Gasteiger partial charge >= 0.3 is 0 Å². The van der Waals surface area contributed by atoms with Crippen molar-refractivity contribution in [1.29, 1.82) is 0 Å². The minimum Gasteiger partial charge on any atom is -0.0613 e. The summed E-state index contributed by atoms with van der Waals surface area (Å²) in [7, 11) is 0. The Morgan fingerprint density at radius 3 is 0.969 bits per heavy atom. The van der Waals surface area contributed by atoms with Gasteiger partial charge in [0.25, 0.3) is 0 Å². The van der Waals surface area contributed by atoms with Gasteiger partial charge in [0, 0.05) is 0 Å². The van der Waals surface area contributed by atoms with Gasteiger partial charge in [-0.25, -0.2) is 0 Å². The zero-order valence-corrected chi connectivity index (χ0v) is 23.6. The Labute approximate surface area is 200 Å². The standard InChI is InChI=1S/C32H48/c1-15-23-25(17-21(29(3,4)5)19-27(23)31(9,10)11)26-18-22(30(6,7)8)20-28(24(26)16-2)32(12,13)14/h19-20H,15-16H2,1-14H3. The van der Waals surface area contributed by atoms with Crippen molar-refractivity contribution >= 4 is 0 Å². The van der Waals surface area contributed by atoms with Crippen molar-refractivity contribution in [3.8, 4) is 11.1 Å². The number of hydrogen-bond acceptors (Lipinski definition) is 0. The van der Waals surface area contributed by atoms with E-state index in [4.69, 9.17) is 0 Å². The Balaban J connectivity index is 3.14. The van der Waals surface area contributed by atoms with Gasteiger partial charge < -0.3 is 0 Å². The molecule has 0 fully saturated rings. The van der Waals surface area contributed by atoms with Crippen LogP contribution in [0, 0.1) is 12.1 Å². The second-order valence-corrected chi connectivity index (χ2v) is 13.6. The van der Waals surface area contributed by atoms with Crippen LogP contribution in [-0.4, -0.2) is 0 Å². The summed E-state index contributed by atoms with van der Waals surface area (Å²) in [6, 6.07) is 12.7. The Bertz CT molecular complexity index is 876. The van der Waals surface area contributed by atoms with Gasteiger partial charge in [0.15, 0.2) is 0 Å². The molecule has 0 heteroatoms. The lowest BCUT2D eigenvalue weighted by Crippen LogP contribution is -2.21. The summed E-state index contributed by atoms with van der Waals surface area (Å²) in [5, 5.41) is 0. The van der Waals surface area contributed by atoms with Gasteiger partial charge in [-0.1, -0.05) is 109 Å². The summed E-state index contributed by atoms with van der Waals surface area (Å²) >= 11 is 0. The molecule has 0 aliphatic carbocycles. The monoisotopic (exact) mass is 432 g/mol. The Kier molecular flexibility index (Phi) is 7.22. The van der Waals surface area contributed by atoms with Crippen molar-refractivity contribution in [2.24, 2.45) is 0 Å². The molecule has 0 aliphatic rings. The van der Waals surface area contributed by atoms with E-state index in [9.17, 15) is 0 Å². The first-order valence-corrected chi connectivity index (χ1v) is 12.5.